The van der Waals surface area contributed by atoms with Crippen LogP contribution in [0.25, 0.3) is 0 Å². The molecule has 0 saturated carbocycles. The Bertz CT molecular complexity index is 931. The van der Waals surface area contributed by atoms with Crippen LogP contribution in [-0.4, -0.2) is 39.2 Å². The fourth-order valence-electron chi connectivity index (χ4n) is 4.46. The molecule has 0 bridgehead atoms. The Morgan fingerprint density at radius 2 is 1.72 bits per heavy atom. The third-order valence-electron chi connectivity index (χ3n) is 5.75. The molecule has 1 N–H and O–H groups in total. The molecule has 0 radical (unpaired) electrons. The van der Waals surface area contributed by atoms with Crippen molar-refractivity contribution in [2.24, 2.45) is 0 Å². The molecule has 29 heavy (non-hydrogen) atoms. The predicted octanol–water partition coefficient (Wildman–Crippen LogP) is 3.68. The highest BCUT2D eigenvalue weighted by atomic mass is 16.3. The van der Waals surface area contributed by atoms with E-state index in [1.54, 1.807) is 12.4 Å². The van der Waals surface area contributed by atoms with Crippen molar-refractivity contribution in [2.75, 3.05) is 13.2 Å². The maximum Gasteiger partial charge on any atom is 0.0991 e. The van der Waals surface area contributed by atoms with Crippen LogP contribution in [0.2, 0.25) is 0 Å². The van der Waals surface area contributed by atoms with Gasteiger partial charge in [0.05, 0.1) is 18.2 Å². The number of pyridine rings is 2. The van der Waals surface area contributed by atoms with Crippen molar-refractivity contribution in [3.8, 4) is 6.07 Å². The van der Waals surface area contributed by atoms with Crippen LogP contribution in [0, 0.1) is 11.3 Å². The Morgan fingerprint density at radius 3 is 2.31 bits per heavy atom. The zero-order chi connectivity index (χ0) is 20.1. The molecule has 1 saturated heterocycles. The lowest BCUT2D eigenvalue weighted by Gasteiger charge is -2.38. The first-order chi connectivity index (χ1) is 14.3. The van der Waals surface area contributed by atoms with Gasteiger partial charge < -0.3 is 5.11 Å². The van der Waals surface area contributed by atoms with E-state index in [0.717, 1.165) is 36.1 Å². The average molecular weight is 384 g/mol. The summed E-state index contributed by atoms with van der Waals surface area (Å²) in [5.41, 5.74) is 3.90. The molecular formula is C24H24N4O. The first kappa shape index (κ1) is 19.3. The second kappa shape index (κ2) is 8.95. The Hall–Kier alpha value is -3.07. The van der Waals surface area contributed by atoms with E-state index in [-0.39, 0.29) is 24.6 Å². The van der Waals surface area contributed by atoms with E-state index in [0.29, 0.717) is 5.56 Å². The number of rotatable bonds is 6. The molecule has 2 atom stereocenters. The molecule has 2 unspecified atom stereocenters. The van der Waals surface area contributed by atoms with E-state index in [2.05, 4.69) is 39.1 Å². The van der Waals surface area contributed by atoms with Crippen molar-refractivity contribution in [1.82, 2.24) is 14.9 Å². The molecule has 3 heterocycles. The van der Waals surface area contributed by atoms with Crippen LogP contribution in [-0.2, 0) is 0 Å². The van der Waals surface area contributed by atoms with Crippen molar-refractivity contribution in [3.63, 3.8) is 0 Å². The summed E-state index contributed by atoms with van der Waals surface area (Å²) in [5, 5.41) is 19.5. The molecule has 0 aliphatic carbocycles. The van der Waals surface area contributed by atoms with Gasteiger partial charge in [0.25, 0.3) is 0 Å². The zero-order valence-corrected chi connectivity index (χ0v) is 16.2. The summed E-state index contributed by atoms with van der Waals surface area (Å²) in [7, 11) is 0. The second-order valence-corrected chi connectivity index (χ2v) is 7.45. The van der Waals surface area contributed by atoms with Gasteiger partial charge in [-0.05, 0) is 60.3 Å². The largest absolute Gasteiger partial charge is 0.395 e. The SMILES string of the molecule is N#Cc1cccc(C(C(c2cccnc2)c2cccnc2)N2CCCC2CO)c1. The molecule has 1 aliphatic rings. The Labute approximate surface area is 171 Å². The van der Waals surface area contributed by atoms with Gasteiger partial charge in [0.1, 0.15) is 0 Å². The molecule has 4 rings (SSSR count). The maximum atomic E-state index is 10.0. The highest BCUT2D eigenvalue weighted by Crippen LogP contribution is 2.43. The summed E-state index contributed by atoms with van der Waals surface area (Å²) in [6.45, 7) is 1.03. The number of aliphatic hydroxyl groups excluding tert-OH is 1. The quantitative estimate of drug-likeness (QED) is 0.702. The van der Waals surface area contributed by atoms with E-state index < -0.39 is 0 Å². The molecule has 0 amide bonds. The number of benzene rings is 1. The third-order valence-corrected chi connectivity index (χ3v) is 5.75. The van der Waals surface area contributed by atoms with Gasteiger partial charge in [-0.15, -0.1) is 0 Å². The standard InChI is InChI=1S/C24H24N4O/c25-14-18-5-1-6-19(13-18)24(28-12-4-9-22(28)17-29)23(20-7-2-10-26-15-20)21-8-3-11-27-16-21/h1-3,5-8,10-11,13,15-16,22-24,29H,4,9,12,17H2. The van der Waals surface area contributed by atoms with Gasteiger partial charge in [0, 0.05) is 42.8 Å². The Morgan fingerprint density at radius 1 is 1.03 bits per heavy atom. The molecule has 1 aromatic carbocycles. The number of hydrogen-bond donors (Lipinski definition) is 1. The molecule has 1 aliphatic heterocycles. The van der Waals surface area contributed by atoms with Crippen LogP contribution in [0.1, 0.15) is 47.1 Å². The Kier molecular flexibility index (Phi) is 5.95. The normalized spacial score (nSPS) is 17.9. The molecule has 2 aromatic heterocycles. The van der Waals surface area contributed by atoms with E-state index >= 15 is 0 Å². The monoisotopic (exact) mass is 384 g/mol. The van der Waals surface area contributed by atoms with Crippen molar-refractivity contribution >= 4 is 0 Å². The number of aromatic nitrogens is 2. The molecular weight excluding hydrogens is 360 g/mol. The smallest absolute Gasteiger partial charge is 0.0991 e. The minimum Gasteiger partial charge on any atom is -0.395 e. The van der Waals surface area contributed by atoms with E-state index in [1.165, 1.54) is 0 Å². The lowest BCUT2D eigenvalue weighted by molar-refractivity contribution is 0.110. The van der Waals surface area contributed by atoms with Crippen molar-refractivity contribution in [2.45, 2.75) is 30.8 Å². The van der Waals surface area contributed by atoms with Crippen LogP contribution >= 0.6 is 0 Å². The summed E-state index contributed by atoms with van der Waals surface area (Å²) in [6.07, 6.45) is 9.39. The Balaban J connectivity index is 1.90. The first-order valence-corrected chi connectivity index (χ1v) is 9.98. The molecule has 1 fully saturated rings. The molecule has 3 aromatic rings. The minimum atomic E-state index is -0.0312. The van der Waals surface area contributed by atoms with Crippen molar-refractivity contribution < 1.29 is 5.11 Å². The summed E-state index contributed by atoms with van der Waals surface area (Å²) < 4.78 is 0. The van der Waals surface area contributed by atoms with Crippen LogP contribution in [0.15, 0.2) is 73.3 Å². The zero-order valence-electron chi connectivity index (χ0n) is 16.2. The van der Waals surface area contributed by atoms with E-state index in [9.17, 15) is 10.4 Å². The molecule has 146 valence electrons. The van der Waals surface area contributed by atoms with Gasteiger partial charge >= 0.3 is 0 Å². The highest BCUT2D eigenvalue weighted by molar-refractivity contribution is 5.40. The fraction of sp³-hybridized carbons (Fsp3) is 0.292. The topological polar surface area (TPSA) is 73.0 Å². The summed E-state index contributed by atoms with van der Waals surface area (Å²) >= 11 is 0. The number of likely N-dealkylation sites (tertiary alicyclic amines) is 1. The molecule has 5 nitrogen and oxygen atoms in total. The second-order valence-electron chi connectivity index (χ2n) is 7.45. The summed E-state index contributed by atoms with van der Waals surface area (Å²) in [4.78, 5) is 11.1. The van der Waals surface area contributed by atoms with Crippen LogP contribution in [0.3, 0.4) is 0 Å². The maximum absolute atomic E-state index is 10.0. The summed E-state index contributed by atoms with van der Waals surface area (Å²) in [5.74, 6) is -0.0153. The van der Waals surface area contributed by atoms with Crippen LogP contribution in [0.4, 0.5) is 0 Å². The minimum absolute atomic E-state index is 0.0153. The third kappa shape index (κ3) is 4.04. The van der Waals surface area contributed by atoms with Crippen LogP contribution in [0.5, 0.6) is 0 Å². The number of aliphatic hydroxyl groups is 1. The van der Waals surface area contributed by atoms with Gasteiger partial charge in [-0.3, -0.25) is 14.9 Å². The van der Waals surface area contributed by atoms with Crippen molar-refractivity contribution in [3.05, 3.63) is 95.6 Å². The summed E-state index contributed by atoms with van der Waals surface area (Å²) in [6, 6.07) is 18.2. The van der Waals surface area contributed by atoms with Gasteiger partial charge in [-0.2, -0.15) is 5.26 Å². The molecule has 5 heteroatoms. The lowest BCUT2D eigenvalue weighted by atomic mass is 9.81. The molecule has 0 spiro atoms. The van der Waals surface area contributed by atoms with Gasteiger partial charge in [-0.1, -0.05) is 24.3 Å². The highest BCUT2D eigenvalue weighted by Gasteiger charge is 2.37. The van der Waals surface area contributed by atoms with Crippen molar-refractivity contribution in [1.29, 1.82) is 5.26 Å². The van der Waals surface area contributed by atoms with Crippen LogP contribution < -0.4 is 0 Å². The van der Waals surface area contributed by atoms with Gasteiger partial charge in [0.2, 0.25) is 0 Å². The first-order valence-electron chi connectivity index (χ1n) is 9.98. The number of hydrogen-bond acceptors (Lipinski definition) is 5. The number of nitrogens with zero attached hydrogens (tertiary/aromatic N) is 4. The van der Waals surface area contributed by atoms with Gasteiger partial charge in [-0.25, -0.2) is 0 Å². The van der Waals surface area contributed by atoms with E-state index in [1.807, 2.05) is 42.7 Å². The van der Waals surface area contributed by atoms with Gasteiger partial charge in [0.15, 0.2) is 0 Å². The predicted molar refractivity (Wildman–Crippen MR) is 111 cm³/mol. The average Bonchev–Trinajstić information content (AvgIpc) is 3.27. The van der Waals surface area contributed by atoms with E-state index in [4.69, 9.17) is 0 Å². The fourth-order valence-corrected chi connectivity index (χ4v) is 4.46. The lowest BCUT2D eigenvalue weighted by Crippen LogP contribution is -2.39. The number of nitriles is 1.